The Morgan fingerprint density at radius 2 is 1.73 bits per heavy atom. The number of carbonyl (C=O) groups excluding carboxylic acids is 2. The van der Waals surface area contributed by atoms with Crippen molar-refractivity contribution < 1.29 is 23.8 Å². The van der Waals surface area contributed by atoms with Crippen molar-refractivity contribution in [2.45, 2.75) is 33.8 Å². The van der Waals surface area contributed by atoms with Crippen molar-refractivity contribution in [2.24, 2.45) is 5.92 Å². The first-order valence-corrected chi connectivity index (χ1v) is 10.3. The number of rotatable bonds is 9. The van der Waals surface area contributed by atoms with Crippen LogP contribution >= 0.6 is 23.2 Å². The highest BCUT2D eigenvalue weighted by atomic mass is 35.5. The SMILES string of the molecule is CCOc1cc(C(=O)OC(C)C(=O)Nc2ccc(Cl)cc2Cl)ccc1OCC(C)C. The smallest absolute Gasteiger partial charge is 0.339 e. The lowest BCUT2D eigenvalue weighted by Crippen LogP contribution is -2.30. The molecule has 2 rings (SSSR count). The molecule has 0 saturated carbocycles. The van der Waals surface area contributed by atoms with Crippen LogP contribution in [0.2, 0.25) is 10.0 Å². The van der Waals surface area contributed by atoms with Crippen LogP contribution in [0.15, 0.2) is 36.4 Å². The number of ether oxygens (including phenoxy) is 3. The van der Waals surface area contributed by atoms with Gasteiger partial charge in [0.25, 0.3) is 5.91 Å². The van der Waals surface area contributed by atoms with Crippen LogP contribution in [0.25, 0.3) is 0 Å². The summed E-state index contributed by atoms with van der Waals surface area (Å²) < 4.78 is 16.6. The molecule has 8 heteroatoms. The Kier molecular flexibility index (Phi) is 8.81. The van der Waals surface area contributed by atoms with Crippen LogP contribution in [0.4, 0.5) is 5.69 Å². The number of hydrogen-bond acceptors (Lipinski definition) is 5. The van der Waals surface area contributed by atoms with Gasteiger partial charge >= 0.3 is 5.97 Å². The van der Waals surface area contributed by atoms with Crippen LogP contribution in [-0.4, -0.2) is 31.2 Å². The van der Waals surface area contributed by atoms with E-state index in [1.54, 1.807) is 30.3 Å². The molecule has 162 valence electrons. The lowest BCUT2D eigenvalue weighted by Gasteiger charge is -2.16. The quantitative estimate of drug-likeness (QED) is 0.499. The number of esters is 1. The first-order chi connectivity index (χ1) is 14.2. The van der Waals surface area contributed by atoms with Gasteiger partial charge in [-0.2, -0.15) is 0 Å². The molecule has 0 bridgehead atoms. The van der Waals surface area contributed by atoms with Gasteiger partial charge in [-0.25, -0.2) is 4.79 Å². The molecule has 0 spiro atoms. The second-order valence-corrected chi connectivity index (χ2v) is 7.80. The van der Waals surface area contributed by atoms with Gasteiger partial charge in [-0.3, -0.25) is 4.79 Å². The molecule has 0 fully saturated rings. The third-order valence-corrected chi connectivity index (χ3v) is 4.44. The Bertz CT molecular complexity index is 901. The number of halogens is 2. The minimum absolute atomic E-state index is 0.250. The maximum atomic E-state index is 12.5. The van der Waals surface area contributed by atoms with Crippen molar-refractivity contribution in [2.75, 3.05) is 18.5 Å². The summed E-state index contributed by atoms with van der Waals surface area (Å²) in [6, 6.07) is 9.44. The fourth-order valence-electron chi connectivity index (χ4n) is 2.39. The first-order valence-electron chi connectivity index (χ1n) is 9.57. The van der Waals surface area contributed by atoms with Gasteiger partial charge in [-0.1, -0.05) is 37.0 Å². The van der Waals surface area contributed by atoms with Crippen LogP contribution in [-0.2, 0) is 9.53 Å². The van der Waals surface area contributed by atoms with E-state index in [0.29, 0.717) is 41.3 Å². The molecular weight excluding hydrogens is 429 g/mol. The van der Waals surface area contributed by atoms with Crippen molar-refractivity contribution in [3.8, 4) is 11.5 Å². The summed E-state index contributed by atoms with van der Waals surface area (Å²) in [7, 11) is 0. The molecule has 2 aromatic rings. The van der Waals surface area contributed by atoms with E-state index in [4.69, 9.17) is 37.4 Å². The minimum Gasteiger partial charge on any atom is -0.490 e. The lowest BCUT2D eigenvalue weighted by molar-refractivity contribution is -0.123. The van der Waals surface area contributed by atoms with E-state index in [-0.39, 0.29) is 10.6 Å². The van der Waals surface area contributed by atoms with Gasteiger partial charge < -0.3 is 19.5 Å². The van der Waals surface area contributed by atoms with E-state index in [1.165, 1.54) is 13.0 Å². The van der Waals surface area contributed by atoms with Crippen LogP contribution in [0.3, 0.4) is 0 Å². The number of benzene rings is 2. The maximum absolute atomic E-state index is 12.5. The third kappa shape index (κ3) is 6.82. The van der Waals surface area contributed by atoms with Crippen molar-refractivity contribution in [1.82, 2.24) is 0 Å². The van der Waals surface area contributed by atoms with Crippen molar-refractivity contribution in [3.05, 3.63) is 52.0 Å². The topological polar surface area (TPSA) is 73.9 Å². The first kappa shape index (κ1) is 23.8. The molecule has 0 radical (unpaired) electrons. The van der Waals surface area contributed by atoms with E-state index in [0.717, 1.165) is 0 Å². The summed E-state index contributed by atoms with van der Waals surface area (Å²) in [4.78, 5) is 24.9. The Balaban J connectivity index is 2.06. The zero-order valence-electron chi connectivity index (χ0n) is 17.3. The molecule has 0 aliphatic heterocycles. The van der Waals surface area contributed by atoms with Gasteiger partial charge in [-0.15, -0.1) is 0 Å². The van der Waals surface area contributed by atoms with Crippen LogP contribution in [0, 0.1) is 5.92 Å². The Morgan fingerprint density at radius 1 is 1.00 bits per heavy atom. The second-order valence-electron chi connectivity index (χ2n) is 6.96. The van der Waals surface area contributed by atoms with E-state index < -0.39 is 18.0 Å². The molecule has 0 aliphatic carbocycles. The minimum atomic E-state index is -1.04. The summed E-state index contributed by atoms with van der Waals surface area (Å²) in [5.74, 6) is 0.159. The highest BCUT2D eigenvalue weighted by molar-refractivity contribution is 6.36. The van der Waals surface area contributed by atoms with Crippen LogP contribution < -0.4 is 14.8 Å². The Morgan fingerprint density at radius 3 is 2.37 bits per heavy atom. The van der Waals surface area contributed by atoms with Gasteiger partial charge in [0.2, 0.25) is 0 Å². The van der Waals surface area contributed by atoms with Gasteiger partial charge in [0.15, 0.2) is 17.6 Å². The highest BCUT2D eigenvalue weighted by Gasteiger charge is 2.21. The number of anilines is 1. The summed E-state index contributed by atoms with van der Waals surface area (Å²) in [5, 5.41) is 3.34. The molecule has 2 aromatic carbocycles. The summed E-state index contributed by atoms with van der Waals surface area (Å²) in [6.07, 6.45) is -1.04. The average molecular weight is 454 g/mol. The fourth-order valence-corrected chi connectivity index (χ4v) is 2.84. The number of hydrogen-bond donors (Lipinski definition) is 1. The van der Waals surface area contributed by atoms with Crippen LogP contribution in [0.1, 0.15) is 38.1 Å². The van der Waals surface area contributed by atoms with Crippen molar-refractivity contribution in [1.29, 1.82) is 0 Å². The lowest BCUT2D eigenvalue weighted by atomic mass is 10.2. The Hall–Kier alpha value is -2.44. The molecule has 0 saturated heterocycles. The molecule has 0 aliphatic rings. The fraction of sp³-hybridized carbons (Fsp3) is 0.364. The predicted molar refractivity (Wildman–Crippen MR) is 118 cm³/mol. The van der Waals surface area contributed by atoms with Gasteiger partial charge in [-0.05, 0) is 56.2 Å². The standard InChI is InChI=1S/C22H25Cl2NO5/c1-5-28-20-10-15(6-9-19(20)29-12-13(2)3)22(27)30-14(4)21(26)25-18-8-7-16(23)11-17(18)24/h6-11,13-14H,5,12H2,1-4H3,(H,25,26). The average Bonchev–Trinajstić information content (AvgIpc) is 2.69. The zero-order chi connectivity index (χ0) is 22.3. The monoisotopic (exact) mass is 453 g/mol. The van der Waals surface area contributed by atoms with Crippen molar-refractivity contribution >= 4 is 40.8 Å². The molecule has 1 unspecified atom stereocenters. The normalized spacial score (nSPS) is 11.7. The second kappa shape index (κ2) is 11.1. The van der Waals surface area contributed by atoms with Crippen molar-refractivity contribution in [3.63, 3.8) is 0 Å². The van der Waals surface area contributed by atoms with Crippen LogP contribution in [0.5, 0.6) is 11.5 Å². The highest BCUT2D eigenvalue weighted by Crippen LogP contribution is 2.30. The molecule has 1 atom stereocenters. The van der Waals surface area contributed by atoms with Gasteiger partial charge in [0.05, 0.1) is 29.5 Å². The molecule has 0 aromatic heterocycles. The third-order valence-electron chi connectivity index (χ3n) is 3.89. The summed E-state index contributed by atoms with van der Waals surface area (Å²) in [6.45, 7) is 8.32. The predicted octanol–water partition coefficient (Wildman–Crippen LogP) is 5.61. The van der Waals surface area contributed by atoms with E-state index >= 15 is 0 Å². The number of carbonyl (C=O) groups is 2. The maximum Gasteiger partial charge on any atom is 0.339 e. The summed E-state index contributed by atoms with van der Waals surface area (Å²) >= 11 is 11.9. The Labute approximate surface area is 186 Å². The molecule has 0 heterocycles. The zero-order valence-corrected chi connectivity index (χ0v) is 18.8. The number of amides is 1. The molecular formula is C22H25Cl2NO5. The molecule has 30 heavy (non-hydrogen) atoms. The summed E-state index contributed by atoms with van der Waals surface area (Å²) in [5.41, 5.74) is 0.624. The van der Waals surface area contributed by atoms with Gasteiger partial charge in [0.1, 0.15) is 0 Å². The largest absolute Gasteiger partial charge is 0.490 e. The van der Waals surface area contributed by atoms with E-state index in [9.17, 15) is 9.59 Å². The van der Waals surface area contributed by atoms with E-state index in [2.05, 4.69) is 5.32 Å². The molecule has 1 amide bonds. The number of nitrogens with one attached hydrogen (secondary N) is 1. The van der Waals surface area contributed by atoms with E-state index in [1.807, 2.05) is 20.8 Å². The molecule has 6 nitrogen and oxygen atoms in total. The molecule has 1 N–H and O–H groups in total. The van der Waals surface area contributed by atoms with Gasteiger partial charge in [0, 0.05) is 5.02 Å².